The highest BCUT2D eigenvalue weighted by Crippen LogP contribution is 2.27. The Morgan fingerprint density at radius 2 is 1.68 bits per heavy atom. The fraction of sp³-hybridized carbons (Fsp3) is 0.217. The van der Waals surface area contributed by atoms with Crippen molar-refractivity contribution in [2.45, 2.75) is 6.92 Å². The maximum Gasteiger partial charge on any atom is 0.257 e. The summed E-state index contributed by atoms with van der Waals surface area (Å²) in [6.07, 6.45) is 0. The summed E-state index contributed by atoms with van der Waals surface area (Å²) >= 11 is 0. The van der Waals surface area contributed by atoms with Gasteiger partial charge in [-0.3, -0.25) is 9.78 Å². The number of nitrogens with one attached hydrogen (secondary N) is 1. The van der Waals surface area contributed by atoms with Crippen LogP contribution in [0.15, 0.2) is 66.7 Å². The largest absolute Gasteiger partial charge is 0.378 e. The zero-order chi connectivity index (χ0) is 19.3. The van der Waals surface area contributed by atoms with E-state index in [4.69, 9.17) is 4.74 Å². The first kappa shape index (κ1) is 18.2. The molecule has 0 atom stereocenters. The van der Waals surface area contributed by atoms with Crippen LogP contribution < -0.4 is 10.2 Å². The van der Waals surface area contributed by atoms with Crippen molar-refractivity contribution >= 4 is 17.3 Å². The average molecular weight is 373 g/mol. The van der Waals surface area contributed by atoms with Gasteiger partial charge in [-0.2, -0.15) is 0 Å². The summed E-state index contributed by atoms with van der Waals surface area (Å²) in [5.41, 5.74) is 5.02. The van der Waals surface area contributed by atoms with Gasteiger partial charge >= 0.3 is 0 Å². The molecule has 1 saturated heterocycles. The van der Waals surface area contributed by atoms with E-state index in [9.17, 15) is 4.79 Å². The molecule has 1 aromatic heterocycles. The van der Waals surface area contributed by atoms with Crippen LogP contribution in [0.3, 0.4) is 0 Å². The number of hydrogen-bond donors (Lipinski definition) is 1. The van der Waals surface area contributed by atoms with Gasteiger partial charge in [0.15, 0.2) is 0 Å². The lowest BCUT2D eigenvalue weighted by Crippen LogP contribution is -2.36. The van der Waals surface area contributed by atoms with E-state index in [1.165, 1.54) is 0 Å². The monoisotopic (exact) mass is 373 g/mol. The number of aryl methyl sites for hydroxylation is 1. The highest BCUT2D eigenvalue weighted by Gasteiger charge is 2.17. The topological polar surface area (TPSA) is 54.5 Å². The van der Waals surface area contributed by atoms with E-state index >= 15 is 0 Å². The summed E-state index contributed by atoms with van der Waals surface area (Å²) in [5, 5.41) is 3.06. The van der Waals surface area contributed by atoms with E-state index in [0.29, 0.717) is 24.5 Å². The van der Waals surface area contributed by atoms with Gasteiger partial charge in [0.05, 0.1) is 41.5 Å². The lowest BCUT2D eigenvalue weighted by Gasteiger charge is -2.30. The summed E-state index contributed by atoms with van der Waals surface area (Å²) in [6, 6.07) is 21.6. The molecular weight excluding hydrogens is 350 g/mol. The second kappa shape index (κ2) is 8.23. The number of anilines is 2. The van der Waals surface area contributed by atoms with Crippen LogP contribution in [0.2, 0.25) is 0 Å². The third-order valence-corrected chi connectivity index (χ3v) is 4.90. The number of para-hydroxylation sites is 2. The SMILES string of the molecule is Cc1nc(-c2ccccc2)ccc1C(=O)Nc1ccccc1N1CCOCC1. The Kier molecular flexibility index (Phi) is 5.35. The predicted octanol–water partition coefficient (Wildman–Crippen LogP) is 4.15. The number of aromatic nitrogens is 1. The number of pyridine rings is 1. The number of benzene rings is 2. The first-order valence-electron chi connectivity index (χ1n) is 9.48. The number of nitrogens with zero attached hydrogens (tertiary/aromatic N) is 2. The van der Waals surface area contributed by atoms with Crippen LogP contribution in [0.4, 0.5) is 11.4 Å². The lowest BCUT2D eigenvalue weighted by molar-refractivity contribution is 0.102. The summed E-state index contributed by atoms with van der Waals surface area (Å²) < 4.78 is 5.44. The number of morpholine rings is 1. The maximum absolute atomic E-state index is 12.9. The Hall–Kier alpha value is -3.18. The van der Waals surface area contributed by atoms with E-state index in [2.05, 4.69) is 15.2 Å². The van der Waals surface area contributed by atoms with Crippen molar-refractivity contribution in [1.29, 1.82) is 0 Å². The molecule has 0 saturated carbocycles. The van der Waals surface area contributed by atoms with Crippen molar-refractivity contribution < 1.29 is 9.53 Å². The van der Waals surface area contributed by atoms with Crippen LogP contribution in [-0.2, 0) is 4.74 Å². The molecule has 5 heteroatoms. The third-order valence-electron chi connectivity index (χ3n) is 4.90. The van der Waals surface area contributed by atoms with Crippen molar-refractivity contribution in [2.24, 2.45) is 0 Å². The van der Waals surface area contributed by atoms with Gasteiger partial charge < -0.3 is 15.0 Å². The maximum atomic E-state index is 12.9. The van der Waals surface area contributed by atoms with Gasteiger partial charge in [-0.15, -0.1) is 0 Å². The molecule has 0 unspecified atom stereocenters. The summed E-state index contributed by atoms with van der Waals surface area (Å²) in [4.78, 5) is 19.8. The highest BCUT2D eigenvalue weighted by atomic mass is 16.5. The van der Waals surface area contributed by atoms with Crippen LogP contribution in [0.5, 0.6) is 0 Å². The fourth-order valence-corrected chi connectivity index (χ4v) is 3.42. The molecule has 0 bridgehead atoms. The van der Waals surface area contributed by atoms with Crippen molar-refractivity contribution in [1.82, 2.24) is 4.98 Å². The second-order valence-electron chi connectivity index (χ2n) is 6.77. The Bertz CT molecular complexity index is 967. The summed E-state index contributed by atoms with van der Waals surface area (Å²) in [5.74, 6) is -0.148. The first-order valence-corrected chi connectivity index (χ1v) is 9.48. The average Bonchev–Trinajstić information content (AvgIpc) is 2.75. The molecule has 1 N–H and O–H groups in total. The molecular formula is C23H23N3O2. The molecule has 0 radical (unpaired) electrons. The normalized spacial score (nSPS) is 14.0. The number of hydrogen-bond acceptors (Lipinski definition) is 4. The smallest absolute Gasteiger partial charge is 0.257 e. The van der Waals surface area contributed by atoms with Gasteiger partial charge in [-0.05, 0) is 31.2 Å². The molecule has 4 rings (SSSR count). The zero-order valence-corrected chi connectivity index (χ0v) is 15.9. The molecule has 142 valence electrons. The Labute approximate surface area is 165 Å². The van der Waals surface area contributed by atoms with Gasteiger partial charge in [0.25, 0.3) is 5.91 Å². The standard InChI is InChI=1S/C23H23N3O2/c1-17-19(11-12-20(24-17)18-7-3-2-4-8-18)23(27)25-21-9-5-6-10-22(21)26-13-15-28-16-14-26/h2-12H,13-16H2,1H3,(H,25,27). The Balaban J connectivity index is 1.56. The van der Waals surface area contributed by atoms with E-state index in [0.717, 1.165) is 35.7 Å². The zero-order valence-electron chi connectivity index (χ0n) is 15.9. The number of carbonyl (C=O) groups is 1. The summed E-state index contributed by atoms with van der Waals surface area (Å²) in [6.45, 7) is 4.91. The fourth-order valence-electron chi connectivity index (χ4n) is 3.42. The third kappa shape index (κ3) is 3.89. The molecule has 1 aliphatic rings. The molecule has 1 amide bonds. The molecule has 2 heterocycles. The van der Waals surface area contributed by atoms with Crippen LogP contribution >= 0.6 is 0 Å². The molecule has 28 heavy (non-hydrogen) atoms. The van der Waals surface area contributed by atoms with Crippen LogP contribution in [0.1, 0.15) is 16.1 Å². The Morgan fingerprint density at radius 3 is 2.43 bits per heavy atom. The molecule has 3 aromatic rings. The predicted molar refractivity (Wildman–Crippen MR) is 112 cm³/mol. The number of amides is 1. The summed E-state index contributed by atoms with van der Waals surface area (Å²) in [7, 11) is 0. The van der Waals surface area contributed by atoms with Crippen molar-refractivity contribution in [3.05, 3.63) is 78.0 Å². The van der Waals surface area contributed by atoms with Crippen LogP contribution in [-0.4, -0.2) is 37.2 Å². The van der Waals surface area contributed by atoms with Gasteiger partial charge in [-0.1, -0.05) is 42.5 Å². The van der Waals surface area contributed by atoms with E-state index in [1.54, 1.807) is 0 Å². The van der Waals surface area contributed by atoms with E-state index < -0.39 is 0 Å². The van der Waals surface area contributed by atoms with Gasteiger partial charge in [0.2, 0.25) is 0 Å². The second-order valence-corrected chi connectivity index (χ2v) is 6.77. The van der Waals surface area contributed by atoms with Crippen molar-refractivity contribution in [2.75, 3.05) is 36.5 Å². The van der Waals surface area contributed by atoms with Gasteiger partial charge in [-0.25, -0.2) is 0 Å². The van der Waals surface area contributed by atoms with Crippen molar-refractivity contribution in [3.63, 3.8) is 0 Å². The van der Waals surface area contributed by atoms with E-state index in [1.807, 2.05) is 73.7 Å². The molecule has 0 spiro atoms. The highest BCUT2D eigenvalue weighted by molar-refractivity contribution is 6.06. The van der Waals surface area contributed by atoms with E-state index in [-0.39, 0.29) is 5.91 Å². The number of rotatable bonds is 4. The lowest BCUT2D eigenvalue weighted by atomic mass is 10.1. The minimum absolute atomic E-state index is 0.148. The van der Waals surface area contributed by atoms with Crippen molar-refractivity contribution in [3.8, 4) is 11.3 Å². The van der Waals surface area contributed by atoms with Crippen LogP contribution in [0.25, 0.3) is 11.3 Å². The minimum atomic E-state index is -0.148. The number of ether oxygens (including phenoxy) is 1. The minimum Gasteiger partial charge on any atom is -0.378 e. The number of carbonyl (C=O) groups excluding carboxylic acids is 1. The molecule has 0 aliphatic carbocycles. The van der Waals surface area contributed by atoms with Gasteiger partial charge in [0, 0.05) is 18.7 Å². The van der Waals surface area contributed by atoms with Gasteiger partial charge in [0.1, 0.15) is 0 Å². The molecule has 5 nitrogen and oxygen atoms in total. The molecule has 1 aliphatic heterocycles. The molecule has 2 aromatic carbocycles. The Morgan fingerprint density at radius 1 is 0.964 bits per heavy atom. The first-order chi connectivity index (χ1) is 13.7. The molecule has 1 fully saturated rings. The quantitative estimate of drug-likeness (QED) is 0.747. The van der Waals surface area contributed by atoms with Crippen LogP contribution in [0, 0.1) is 6.92 Å².